The molecule has 0 bridgehead atoms. The van der Waals surface area contributed by atoms with Crippen LogP contribution in [-0.2, 0) is 4.79 Å². The van der Waals surface area contributed by atoms with Crippen molar-refractivity contribution in [1.82, 2.24) is 10.6 Å². The maximum absolute atomic E-state index is 12.2. The number of rotatable bonds is 5. The van der Waals surface area contributed by atoms with Crippen LogP contribution in [0.3, 0.4) is 0 Å². The molecule has 2 aliphatic rings. The fourth-order valence-corrected chi connectivity index (χ4v) is 2.90. The minimum absolute atomic E-state index is 0.0814. The summed E-state index contributed by atoms with van der Waals surface area (Å²) in [4.78, 5) is 12.2. The summed E-state index contributed by atoms with van der Waals surface area (Å²) in [5.74, 6) is 2.15. The van der Waals surface area contributed by atoms with Crippen molar-refractivity contribution in [2.75, 3.05) is 26.3 Å². The predicted octanol–water partition coefficient (Wildman–Crippen LogP) is 2.07. The number of amides is 1. The van der Waals surface area contributed by atoms with Crippen molar-refractivity contribution in [3.8, 4) is 11.5 Å². The molecule has 1 aromatic rings. The first-order valence-electron chi connectivity index (χ1n) is 8.36. The van der Waals surface area contributed by atoms with Gasteiger partial charge in [-0.05, 0) is 50.8 Å². The standard InChI is InChI=1S/C18H26N2O3/c1-18(2,3)20-7-6-19-17(21)14-11-13(14)12-4-5-15-16(10-12)23-9-8-22-15/h4-5,10,13-14,20H,6-9,11H2,1-3H3,(H,19,21)/t13-,14-/m1/s1. The van der Waals surface area contributed by atoms with Crippen LogP contribution in [0.25, 0.3) is 0 Å². The first-order valence-corrected chi connectivity index (χ1v) is 8.36. The summed E-state index contributed by atoms with van der Waals surface area (Å²) >= 11 is 0. The monoisotopic (exact) mass is 318 g/mol. The molecule has 0 saturated heterocycles. The molecule has 0 spiro atoms. The maximum atomic E-state index is 12.2. The van der Waals surface area contributed by atoms with Crippen LogP contribution < -0.4 is 20.1 Å². The highest BCUT2D eigenvalue weighted by molar-refractivity contribution is 5.83. The van der Waals surface area contributed by atoms with E-state index < -0.39 is 0 Å². The molecule has 126 valence electrons. The molecule has 1 fully saturated rings. The first-order chi connectivity index (χ1) is 10.9. The van der Waals surface area contributed by atoms with E-state index in [9.17, 15) is 4.79 Å². The predicted molar refractivity (Wildman–Crippen MR) is 89.0 cm³/mol. The molecule has 0 aromatic heterocycles. The minimum atomic E-state index is 0.0814. The van der Waals surface area contributed by atoms with Crippen LogP contribution in [0.1, 0.15) is 38.7 Å². The van der Waals surface area contributed by atoms with Crippen LogP contribution in [0.4, 0.5) is 0 Å². The van der Waals surface area contributed by atoms with E-state index in [1.54, 1.807) is 0 Å². The molecule has 1 aliphatic carbocycles. The van der Waals surface area contributed by atoms with E-state index in [0.717, 1.165) is 24.5 Å². The molecule has 1 heterocycles. The highest BCUT2D eigenvalue weighted by Crippen LogP contribution is 2.49. The van der Waals surface area contributed by atoms with Gasteiger partial charge in [0.25, 0.3) is 0 Å². The Labute approximate surface area is 137 Å². The van der Waals surface area contributed by atoms with Crippen LogP contribution in [0, 0.1) is 5.92 Å². The van der Waals surface area contributed by atoms with E-state index in [1.807, 2.05) is 18.2 Å². The molecule has 1 aromatic carbocycles. The van der Waals surface area contributed by atoms with E-state index in [2.05, 4.69) is 31.4 Å². The van der Waals surface area contributed by atoms with Gasteiger partial charge in [0.15, 0.2) is 11.5 Å². The minimum Gasteiger partial charge on any atom is -0.486 e. The van der Waals surface area contributed by atoms with Crippen molar-refractivity contribution in [3.63, 3.8) is 0 Å². The van der Waals surface area contributed by atoms with Gasteiger partial charge in [-0.1, -0.05) is 6.07 Å². The Kier molecular flexibility index (Phi) is 4.48. The zero-order valence-corrected chi connectivity index (χ0v) is 14.1. The van der Waals surface area contributed by atoms with Gasteiger partial charge in [-0.15, -0.1) is 0 Å². The third-order valence-electron chi connectivity index (χ3n) is 4.20. The van der Waals surface area contributed by atoms with Gasteiger partial charge in [-0.3, -0.25) is 4.79 Å². The highest BCUT2D eigenvalue weighted by atomic mass is 16.6. The third-order valence-corrected chi connectivity index (χ3v) is 4.20. The van der Waals surface area contributed by atoms with Crippen molar-refractivity contribution >= 4 is 5.91 Å². The van der Waals surface area contributed by atoms with Crippen molar-refractivity contribution in [3.05, 3.63) is 23.8 Å². The van der Waals surface area contributed by atoms with Gasteiger partial charge in [0, 0.05) is 24.5 Å². The van der Waals surface area contributed by atoms with Gasteiger partial charge in [-0.2, -0.15) is 0 Å². The third kappa shape index (κ3) is 4.16. The maximum Gasteiger partial charge on any atom is 0.223 e. The molecular weight excluding hydrogens is 292 g/mol. The largest absolute Gasteiger partial charge is 0.486 e. The molecule has 1 saturated carbocycles. The topological polar surface area (TPSA) is 59.6 Å². The lowest BCUT2D eigenvalue weighted by atomic mass is 10.1. The van der Waals surface area contributed by atoms with Gasteiger partial charge in [0.05, 0.1) is 0 Å². The summed E-state index contributed by atoms with van der Waals surface area (Å²) in [6.07, 6.45) is 0.915. The molecule has 5 heteroatoms. The molecule has 3 rings (SSSR count). The van der Waals surface area contributed by atoms with E-state index in [4.69, 9.17) is 9.47 Å². The first kappa shape index (κ1) is 16.1. The molecular formula is C18H26N2O3. The number of carbonyl (C=O) groups is 1. The van der Waals surface area contributed by atoms with Crippen LogP contribution in [0.2, 0.25) is 0 Å². The molecule has 1 aliphatic heterocycles. The Morgan fingerprint density at radius 2 is 1.91 bits per heavy atom. The smallest absolute Gasteiger partial charge is 0.223 e. The lowest BCUT2D eigenvalue weighted by Gasteiger charge is -2.20. The number of fused-ring (bicyclic) bond motifs is 1. The Bertz CT molecular complexity index is 580. The number of benzene rings is 1. The van der Waals surface area contributed by atoms with Gasteiger partial charge in [-0.25, -0.2) is 0 Å². The summed E-state index contributed by atoms with van der Waals surface area (Å²) in [7, 11) is 0. The molecule has 23 heavy (non-hydrogen) atoms. The second kappa shape index (κ2) is 6.40. The number of ether oxygens (including phenoxy) is 2. The summed E-state index contributed by atoms with van der Waals surface area (Å²) in [5.41, 5.74) is 1.25. The van der Waals surface area contributed by atoms with Crippen molar-refractivity contribution in [2.24, 2.45) is 5.92 Å². The average Bonchev–Trinajstić information content (AvgIpc) is 3.30. The summed E-state index contributed by atoms with van der Waals surface area (Å²) < 4.78 is 11.1. The van der Waals surface area contributed by atoms with Crippen molar-refractivity contribution in [2.45, 2.75) is 38.6 Å². The van der Waals surface area contributed by atoms with E-state index >= 15 is 0 Å². The van der Waals surface area contributed by atoms with Gasteiger partial charge < -0.3 is 20.1 Å². The van der Waals surface area contributed by atoms with Crippen molar-refractivity contribution in [1.29, 1.82) is 0 Å². The number of hydrogen-bond donors (Lipinski definition) is 2. The molecule has 5 nitrogen and oxygen atoms in total. The summed E-state index contributed by atoms with van der Waals surface area (Å²) in [6.45, 7) is 9.00. The van der Waals surface area contributed by atoms with Crippen LogP contribution >= 0.6 is 0 Å². The summed E-state index contributed by atoms with van der Waals surface area (Å²) in [6, 6.07) is 6.02. The summed E-state index contributed by atoms with van der Waals surface area (Å²) in [5, 5.41) is 6.39. The second-order valence-corrected chi connectivity index (χ2v) is 7.32. The zero-order chi connectivity index (χ0) is 16.4. The Morgan fingerprint density at radius 3 is 2.65 bits per heavy atom. The molecule has 0 radical (unpaired) electrons. The van der Waals surface area contributed by atoms with Gasteiger partial charge in [0.2, 0.25) is 5.91 Å². The Balaban J connectivity index is 1.48. The fraction of sp³-hybridized carbons (Fsp3) is 0.611. The molecule has 2 N–H and O–H groups in total. The fourth-order valence-electron chi connectivity index (χ4n) is 2.90. The number of nitrogens with one attached hydrogen (secondary N) is 2. The molecule has 2 atom stereocenters. The van der Waals surface area contributed by atoms with Crippen molar-refractivity contribution < 1.29 is 14.3 Å². The Morgan fingerprint density at radius 1 is 1.17 bits per heavy atom. The van der Waals surface area contributed by atoms with Gasteiger partial charge >= 0.3 is 0 Å². The average molecular weight is 318 g/mol. The lowest BCUT2D eigenvalue weighted by molar-refractivity contribution is -0.122. The van der Waals surface area contributed by atoms with Crippen LogP contribution in [-0.4, -0.2) is 37.7 Å². The highest BCUT2D eigenvalue weighted by Gasteiger charge is 2.44. The molecule has 0 unspecified atom stereocenters. The normalized spacial score (nSPS) is 22.6. The van der Waals surface area contributed by atoms with Crippen LogP contribution in [0.5, 0.6) is 11.5 Å². The number of carbonyl (C=O) groups excluding carboxylic acids is 1. The molecule has 1 amide bonds. The zero-order valence-electron chi connectivity index (χ0n) is 14.1. The lowest BCUT2D eigenvalue weighted by Crippen LogP contribution is -2.41. The second-order valence-electron chi connectivity index (χ2n) is 7.32. The SMILES string of the molecule is CC(C)(C)NCCNC(=O)[C@@H]1C[C@@H]1c1ccc2c(c1)OCCO2. The van der Waals surface area contributed by atoms with E-state index in [1.165, 1.54) is 5.56 Å². The quantitative estimate of drug-likeness (QED) is 0.816. The van der Waals surface area contributed by atoms with Gasteiger partial charge in [0.1, 0.15) is 13.2 Å². The van der Waals surface area contributed by atoms with Crippen LogP contribution in [0.15, 0.2) is 18.2 Å². The van der Waals surface area contributed by atoms with E-state index in [-0.39, 0.29) is 17.4 Å². The van der Waals surface area contributed by atoms with E-state index in [0.29, 0.717) is 25.7 Å². The number of hydrogen-bond acceptors (Lipinski definition) is 4. The Hall–Kier alpha value is -1.75.